The molecule has 1 saturated heterocycles. The predicted molar refractivity (Wildman–Crippen MR) is 89.0 cm³/mol. The van der Waals surface area contributed by atoms with Gasteiger partial charge in [-0.1, -0.05) is 19.4 Å². The monoisotopic (exact) mass is 323 g/mol. The van der Waals surface area contributed by atoms with E-state index >= 15 is 0 Å². The maximum atomic E-state index is 14.3. The number of amides is 2. The standard InChI is InChI=1S/C17H26FN3O2/c1-2-3-8-19-17(23)20-12-13-4-5-16(15(18)11-13)21-9-6-14(22)7-10-21/h4-5,11,14,22H,2-3,6-10,12H2,1H3,(H2,19,20,23). The first-order valence-electron chi connectivity index (χ1n) is 8.33. The van der Waals surface area contributed by atoms with Gasteiger partial charge < -0.3 is 20.6 Å². The lowest BCUT2D eigenvalue weighted by molar-refractivity contribution is 0.145. The van der Waals surface area contributed by atoms with Gasteiger partial charge >= 0.3 is 6.03 Å². The number of piperidine rings is 1. The number of unbranched alkanes of at least 4 members (excludes halogenated alkanes) is 1. The van der Waals surface area contributed by atoms with E-state index in [9.17, 15) is 14.3 Å². The quantitative estimate of drug-likeness (QED) is 0.704. The minimum atomic E-state index is -0.285. The average molecular weight is 323 g/mol. The predicted octanol–water partition coefficient (Wildman–Crippen LogP) is 2.39. The van der Waals surface area contributed by atoms with E-state index in [2.05, 4.69) is 17.6 Å². The van der Waals surface area contributed by atoms with Crippen molar-refractivity contribution in [2.45, 2.75) is 45.3 Å². The highest BCUT2D eigenvalue weighted by Crippen LogP contribution is 2.24. The molecule has 1 aromatic rings. The van der Waals surface area contributed by atoms with Crippen molar-refractivity contribution in [1.29, 1.82) is 0 Å². The zero-order valence-corrected chi connectivity index (χ0v) is 13.6. The third kappa shape index (κ3) is 5.39. The lowest BCUT2D eigenvalue weighted by Crippen LogP contribution is -2.36. The number of carbonyl (C=O) groups excluding carboxylic acids is 1. The molecule has 23 heavy (non-hydrogen) atoms. The number of carbonyl (C=O) groups is 1. The van der Waals surface area contributed by atoms with Gasteiger partial charge in [0.15, 0.2) is 0 Å². The van der Waals surface area contributed by atoms with Crippen molar-refractivity contribution >= 4 is 11.7 Å². The summed E-state index contributed by atoms with van der Waals surface area (Å²) < 4.78 is 14.3. The number of halogens is 1. The molecule has 2 amide bonds. The summed E-state index contributed by atoms with van der Waals surface area (Å²) in [5.74, 6) is -0.285. The van der Waals surface area contributed by atoms with Crippen LogP contribution in [-0.2, 0) is 6.54 Å². The van der Waals surface area contributed by atoms with E-state index in [1.807, 2.05) is 11.0 Å². The van der Waals surface area contributed by atoms with Crippen LogP contribution in [0.15, 0.2) is 18.2 Å². The number of urea groups is 1. The van der Waals surface area contributed by atoms with Gasteiger partial charge in [-0.25, -0.2) is 9.18 Å². The summed E-state index contributed by atoms with van der Waals surface area (Å²) in [4.78, 5) is 13.5. The van der Waals surface area contributed by atoms with Crippen LogP contribution < -0.4 is 15.5 Å². The minimum Gasteiger partial charge on any atom is -0.393 e. The number of benzene rings is 1. The summed E-state index contributed by atoms with van der Waals surface area (Å²) in [5, 5.41) is 15.0. The highest BCUT2D eigenvalue weighted by Gasteiger charge is 2.19. The largest absolute Gasteiger partial charge is 0.393 e. The Hall–Kier alpha value is -1.82. The first-order valence-corrected chi connectivity index (χ1v) is 8.33. The molecule has 0 saturated carbocycles. The summed E-state index contributed by atoms with van der Waals surface area (Å²) in [6.07, 6.45) is 3.03. The molecule has 0 aromatic heterocycles. The van der Waals surface area contributed by atoms with Gasteiger partial charge in [-0.15, -0.1) is 0 Å². The smallest absolute Gasteiger partial charge is 0.315 e. The third-order valence-electron chi connectivity index (χ3n) is 4.09. The van der Waals surface area contributed by atoms with Crippen molar-refractivity contribution < 1.29 is 14.3 Å². The second kappa shape index (κ2) is 8.72. The second-order valence-electron chi connectivity index (χ2n) is 5.97. The number of nitrogens with zero attached hydrogens (tertiary/aromatic N) is 1. The van der Waals surface area contributed by atoms with Crippen molar-refractivity contribution in [3.8, 4) is 0 Å². The molecule has 6 heteroatoms. The molecule has 2 rings (SSSR count). The average Bonchev–Trinajstić information content (AvgIpc) is 2.54. The van der Waals surface area contributed by atoms with E-state index in [1.165, 1.54) is 6.07 Å². The van der Waals surface area contributed by atoms with E-state index in [1.54, 1.807) is 6.07 Å². The molecular weight excluding hydrogens is 297 g/mol. The SMILES string of the molecule is CCCCNC(=O)NCc1ccc(N2CCC(O)CC2)c(F)c1. The fraction of sp³-hybridized carbons (Fsp3) is 0.588. The van der Waals surface area contributed by atoms with Crippen molar-refractivity contribution in [1.82, 2.24) is 10.6 Å². The molecule has 0 radical (unpaired) electrons. The molecule has 3 N–H and O–H groups in total. The number of rotatable bonds is 6. The highest BCUT2D eigenvalue weighted by molar-refractivity contribution is 5.73. The first kappa shape index (κ1) is 17.5. The van der Waals surface area contributed by atoms with Gasteiger partial charge in [-0.2, -0.15) is 0 Å². The Morgan fingerprint density at radius 2 is 2.09 bits per heavy atom. The molecule has 1 aliphatic heterocycles. The van der Waals surface area contributed by atoms with Crippen molar-refractivity contribution in [3.05, 3.63) is 29.6 Å². The van der Waals surface area contributed by atoms with Crippen molar-refractivity contribution in [3.63, 3.8) is 0 Å². The maximum absolute atomic E-state index is 14.3. The van der Waals surface area contributed by atoms with Gasteiger partial charge in [0.1, 0.15) is 5.82 Å². The summed E-state index contributed by atoms with van der Waals surface area (Å²) in [5.41, 5.74) is 1.29. The Labute approximate surface area is 136 Å². The molecule has 0 spiro atoms. The van der Waals surface area contributed by atoms with Gasteiger partial charge in [-0.3, -0.25) is 0 Å². The van der Waals surface area contributed by atoms with Crippen LogP contribution in [0.3, 0.4) is 0 Å². The molecule has 1 heterocycles. The normalized spacial score (nSPS) is 15.5. The van der Waals surface area contributed by atoms with Crippen molar-refractivity contribution in [2.24, 2.45) is 0 Å². The van der Waals surface area contributed by atoms with Crippen LogP contribution in [0.1, 0.15) is 38.2 Å². The topological polar surface area (TPSA) is 64.6 Å². The van der Waals surface area contributed by atoms with Gasteiger partial charge in [-0.05, 0) is 37.0 Å². The van der Waals surface area contributed by atoms with Crippen LogP contribution in [-0.4, -0.2) is 36.9 Å². The number of anilines is 1. The molecule has 0 atom stereocenters. The second-order valence-corrected chi connectivity index (χ2v) is 5.97. The molecule has 1 fully saturated rings. The molecule has 0 unspecified atom stereocenters. The third-order valence-corrected chi connectivity index (χ3v) is 4.09. The Bertz CT molecular complexity index is 517. The van der Waals surface area contributed by atoms with E-state index in [0.717, 1.165) is 18.4 Å². The summed E-state index contributed by atoms with van der Waals surface area (Å²) in [7, 11) is 0. The number of aliphatic hydroxyl groups excluding tert-OH is 1. The van der Waals surface area contributed by atoms with E-state index in [4.69, 9.17) is 0 Å². The van der Waals surface area contributed by atoms with Crippen LogP contribution in [0.2, 0.25) is 0 Å². The van der Waals surface area contributed by atoms with Crippen LogP contribution in [0.25, 0.3) is 0 Å². The van der Waals surface area contributed by atoms with Gasteiger partial charge in [0.05, 0.1) is 11.8 Å². The number of hydrogen-bond acceptors (Lipinski definition) is 3. The minimum absolute atomic E-state index is 0.229. The lowest BCUT2D eigenvalue weighted by atomic mass is 10.1. The zero-order valence-electron chi connectivity index (χ0n) is 13.6. The van der Waals surface area contributed by atoms with Gasteiger partial charge in [0, 0.05) is 26.2 Å². The Morgan fingerprint density at radius 1 is 1.35 bits per heavy atom. The molecule has 0 bridgehead atoms. The molecule has 128 valence electrons. The van der Waals surface area contributed by atoms with Gasteiger partial charge in [0.25, 0.3) is 0 Å². The van der Waals surface area contributed by atoms with Crippen molar-refractivity contribution in [2.75, 3.05) is 24.5 Å². The molecular formula is C17H26FN3O2. The summed E-state index contributed by atoms with van der Waals surface area (Å²) in [6.45, 7) is 4.34. The number of aliphatic hydroxyl groups is 1. The fourth-order valence-electron chi connectivity index (χ4n) is 2.65. The van der Waals surface area contributed by atoms with E-state index in [-0.39, 0.29) is 18.0 Å². The van der Waals surface area contributed by atoms with Crippen LogP contribution in [0.5, 0.6) is 0 Å². The van der Waals surface area contributed by atoms with E-state index < -0.39 is 0 Å². The Balaban J connectivity index is 1.85. The lowest BCUT2D eigenvalue weighted by Gasteiger charge is -2.31. The first-order chi connectivity index (χ1) is 11.1. The van der Waals surface area contributed by atoms with E-state index in [0.29, 0.717) is 44.7 Å². The summed E-state index contributed by atoms with van der Waals surface area (Å²) in [6, 6.07) is 4.81. The summed E-state index contributed by atoms with van der Waals surface area (Å²) >= 11 is 0. The zero-order chi connectivity index (χ0) is 16.7. The molecule has 0 aliphatic carbocycles. The molecule has 5 nitrogen and oxygen atoms in total. The number of hydrogen-bond donors (Lipinski definition) is 3. The van der Waals surface area contributed by atoms with Crippen LogP contribution in [0, 0.1) is 5.82 Å². The molecule has 1 aliphatic rings. The maximum Gasteiger partial charge on any atom is 0.315 e. The highest BCUT2D eigenvalue weighted by atomic mass is 19.1. The Morgan fingerprint density at radius 3 is 2.74 bits per heavy atom. The molecule has 1 aromatic carbocycles. The fourth-order valence-corrected chi connectivity index (χ4v) is 2.65. The van der Waals surface area contributed by atoms with Crippen LogP contribution in [0.4, 0.5) is 14.9 Å². The Kier molecular flexibility index (Phi) is 6.65. The van der Waals surface area contributed by atoms with Gasteiger partial charge in [0.2, 0.25) is 0 Å². The van der Waals surface area contributed by atoms with Crippen LogP contribution >= 0.6 is 0 Å². The number of nitrogens with one attached hydrogen (secondary N) is 2.